The molecule has 4 N–H and O–H groups in total. The van der Waals surface area contributed by atoms with Crippen LogP contribution in [0.1, 0.15) is 35.4 Å². The van der Waals surface area contributed by atoms with Gasteiger partial charge in [-0.05, 0) is 42.2 Å². The number of carbonyl (C=O) groups is 2. The lowest BCUT2D eigenvalue weighted by Gasteiger charge is -2.38. The van der Waals surface area contributed by atoms with Gasteiger partial charge in [-0.25, -0.2) is 0 Å². The number of hydrogen-bond acceptors (Lipinski definition) is 6. The molecule has 0 radical (unpaired) electrons. The minimum Gasteiger partial charge on any atom is -0.391 e. The maximum absolute atomic E-state index is 12.9. The predicted molar refractivity (Wildman–Crippen MR) is 112 cm³/mol. The molecular formula is C20H25N3O3S2. The number of rotatable bonds is 9. The average molecular weight is 420 g/mol. The van der Waals surface area contributed by atoms with Crippen molar-refractivity contribution >= 4 is 34.5 Å². The highest BCUT2D eigenvalue weighted by molar-refractivity contribution is 7.11. The molecule has 0 unspecified atom stereocenters. The number of nitrogens with two attached hydrogens (primary N) is 1. The summed E-state index contributed by atoms with van der Waals surface area (Å²) in [5, 5.41) is 18.7. The lowest BCUT2D eigenvalue weighted by Crippen LogP contribution is -2.49. The first-order valence-electron chi connectivity index (χ1n) is 9.32. The molecule has 3 rings (SSSR count). The molecule has 1 aliphatic heterocycles. The van der Waals surface area contributed by atoms with Crippen molar-refractivity contribution < 1.29 is 14.7 Å². The van der Waals surface area contributed by atoms with E-state index < -0.39 is 11.5 Å². The van der Waals surface area contributed by atoms with Crippen LogP contribution >= 0.6 is 22.7 Å². The van der Waals surface area contributed by atoms with Gasteiger partial charge < -0.3 is 21.1 Å². The van der Waals surface area contributed by atoms with Crippen LogP contribution in [0.4, 0.5) is 0 Å². The van der Waals surface area contributed by atoms with Crippen LogP contribution in [0.15, 0.2) is 47.3 Å². The summed E-state index contributed by atoms with van der Waals surface area (Å²) in [6.07, 6.45) is 5.44. The smallest absolute Gasteiger partial charge is 0.242 e. The second-order valence-electron chi connectivity index (χ2n) is 6.76. The number of amides is 2. The van der Waals surface area contributed by atoms with Gasteiger partial charge in [0.25, 0.3) is 0 Å². The molecule has 0 bridgehead atoms. The van der Waals surface area contributed by atoms with Gasteiger partial charge in [-0.15, -0.1) is 22.7 Å². The molecule has 6 nitrogen and oxygen atoms in total. The highest BCUT2D eigenvalue weighted by atomic mass is 32.1. The Labute approximate surface area is 172 Å². The number of nitrogens with one attached hydrogen (secondary N) is 1. The van der Waals surface area contributed by atoms with E-state index in [2.05, 4.69) is 5.32 Å². The van der Waals surface area contributed by atoms with Crippen LogP contribution in [-0.4, -0.2) is 41.0 Å². The minimum atomic E-state index is -1.17. The van der Waals surface area contributed by atoms with Crippen LogP contribution in [0, 0.1) is 0 Å². The van der Waals surface area contributed by atoms with Gasteiger partial charge in [0.2, 0.25) is 11.8 Å². The summed E-state index contributed by atoms with van der Waals surface area (Å²) in [7, 11) is 0. The highest BCUT2D eigenvalue weighted by Crippen LogP contribution is 2.43. The largest absolute Gasteiger partial charge is 0.391 e. The van der Waals surface area contributed by atoms with Crippen LogP contribution in [0.5, 0.6) is 0 Å². The SMILES string of the molecule is NC(=O)/C=C\NCCCC(=O)N1CCC[C@H]1C(O)(c1cccs1)c1cccs1. The van der Waals surface area contributed by atoms with Crippen LogP contribution in [0.25, 0.3) is 0 Å². The molecule has 0 aromatic carbocycles. The van der Waals surface area contributed by atoms with Crippen LogP contribution in [0.2, 0.25) is 0 Å². The summed E-state index contributed by atoms with van der Waals surface area (Å²) in [6, 6.07) is 7.50. The van der Waals surface area contributed by atoms with E-state index in [1.807, 2.05) is 39.9 Å². The van der Waals surface area contributed by atoms with Crippen molar-refractivity contribution in [3.8, 4) is 0 Å². The molecule has 8 heteroatoms. The molecule has 2 aromatic rings. The molecule has 2 amide bonds. The van der Waals surface area contributed by atoms with Gasteiger partial charge in [-0.3, -0.25) is 9.59 Å². The zero-order valence-corrected chi connectivity index (χ0v) is 17.2. The lowest BCUT2D eigenvalue weighted by atomic mass is 9.88. The molecule has 3 heterocycles. The quantitative estimate of drug-likeness (QED) is 0.430. The van der Waals surface area contributed by atoms with E-state index in [1.54, 1.807) is 0 Å². The summed E-state index contributed by atoms with van der Waals surface area (Å²) in [4.78, 5) is 27.1. The van der Waals surface area contributed by atoms with Crippen molar-refractivity contribution in [2.75, 3.05) is 13.1 Å². The second kappa shape index (κ2) is 9.36. The molecule has 28 heavy (non-hydrogen) atoms. The van der Waals surface area contributed by atoms with Gasteiger partial charge in [-0.1, -0.05) is 12.1 Å². The molecule has 1 saturated heterocycles. The molecule has 1 aliphatic rings. The third kappa shape index (κ3) is 4.45. The van der Waals surface area contributed by atoms with Crippen molar-refractivity contribution in [2.24, 2.45) is 5.73 Å². The number of carbonyl (C=O) groups excluding carboxylic acids is 2. The Morgan fingerprint density at radius 3 is 2.54 bits per heavy atom. The molecule has 1 atom stereocenters. The summed E-state index contributed by atoms with van der Waals surface area (Å²) in [5.74, 6) is -0.459. The van der Waals surface area contributed by atoms with Crippen LogP contribution in [0.3, 0.4) is 0 Å². The molecule has 1 fully saturated rings. The number of aliphatic hydroxyl groups is 1. The first kappa shape index (κ1) is 20.6. The van der Waals surface area contributed by atoms with Crippen molar-refractivity contribution in [3.63, 3.8) is 0 Å². The Morgan fingerprint density at radius 2 is 1.96 bits per heavy atom. The third-order valence-electron chi connectivity index (χ3n) is 4.93. The fourth-order valence-electron chi connectivity index (χ4n) is 3.65. The van der Waals surface area contributed by atoms with E-state index in [4.69, 9.17) is 5.73 Å². The number of primary amides is 1. The maximum atomic E-state index is 12.9. The first-order chi connectivity index (χ1) is 13.5. The summed E-state index contributed by atoms with van der Waals surface area (Å²) in [5.41, 5.74) is 3.86. The number of thiophene rings is 2. The summed E-state index contributed by atoms with van der Waals surface area (Å²) < 4.78 is 0. The molecule has 0 spiro atoms. The fraction of sp³-hybridized carbons (Fsp3) is 0.400. The van der Waals surface area contributed by atoms with Gasteiger partial charge >= 0.3 is 0 Å². The lowest BCUT2D eigenvalue weighted by molar-refractivity contribution is -0.136. The Balaban J connectivity index is 1.68. The van der Waals surface area contributed by atoms with Gasteiger partial charge in [0.05, 0.1) is 6.04 Å². The van der Waals surface area contributed by atoms with Crippen LogP contribution in [-0.2, 0) is 15.2 Å². The number of hydrogen-bond donors (Lipinski definition) is 3. The first-order valence-corrected chi connectivity index (χ1v) is 11.1. The predicted octanol–water partition coefficient (Wildman–Crippen LogP) is 2.41. The van der Waals surface area contributed by atoms with Crippen molar-refractivity contribution in [1.29, 1.82) is 0 Å². The molecule has 150 valence electrons. The van der Waals surface area contributed by atoms with Gasteiger partial charge in [0.15, 0.2) is 5.60 Å². The van der Waals surface area contributed by atoms with E-state index in [0.29, 0.717) is 25.9 Å². The van der Waals surface area contributed by atoms with E-state index in [0.717, 1.165) is 22.6 Å². The van der Waals surface area contributed by atoms with Crippen LogP contribution < -0.4 is 11.1 Å². The summed E-state index contributed by atoms with van der Waals surface area (Å²) in [6.45, 7) is 1.24. The number of nitrogens with zero attached hydrogens (tertiary/aromatic N) is 1. The second-order valence-corrected chi connectivity index (χ2v) is 8.65. The Hall–Kier alpha value is -2.16. The normalized spacial score (nSPS) is 17.3. The highest BCUT2D eigenvalue weighted by Gasteiger charge is 2.48. The maximum Gasteiger partial charge on any atom is 0.242 e. The zero-order chi connectivity index (χ0) is 20.0. The van der Waals surface area contributed by atoms with Crippen molar-refractivity contribution in [1.82, 2.24) is 10.2 Å². The molecule has 0 aliphatic carbocycles. The van der Waals surface area contributed by atoms with E-state index in [9.17, 15) is 14.7 Å². The Bertz CT molecular complexity index is 769. The fourth-order valence-corrected chi connectivity index (χ4v) is 5.49. The average Bonchev–Trinajstić information content (AvgIpc) is 3.44. The molecular weight excluding hydrogens is 394 g/mol. The Morgan fingerprint density at radius 1 is 1.29 bits per heavy atom. The monoisotopic (exact) mass is 419 g/mol. The minimum absolute atomic E-state index is 0.0507. The van der Waals surface area contributed by atoms with E-state index in [1.165, 1.54) is 34.9 Å². The Kier molecular flexibility index (Phi) is 6.88. The summed E-state index contributed by atoms with van der Waals surface area (Å²) >= 11 is 3.04. The molecule has 0 saturated carbocycles. The zero-order valence-electron chi connectivity index (χ0n) is 15.5. The topological polar surface area (TPSA) is 95.7 Å². The molecule has 2 aromatic heterocycles. The van der Waals surface area contributed by atoms with Crippen molar-refractivity contribution in [2.45, 2.75) is 37.3 Å². The van der Waals surface area contributed by atoms with Crippen molar-refractivity contribution in [3.05, 3.63) is 57.1 Å². The van der Waals surface area contributed by atoms with Gasteiger partial charge in [0.1, 0.15) is 0 Å². The van der Waals surface area contributed by atoms with E-state index >= 15 is 0 Å². The van der Waals surface area contributed by atoms with Gasteiger partial charge in [-0.2, -0.15) is 0 Å². The van der Waals surface area contributed by atoms with Gasteiger partial charge in [0, 0.05) is 41.5 Å². The van der Waals surface area contributed by atoms with E-state index in [-0.39, 0.29) is 11.9 Å². The third-order valence-corrected chi connectivity index (χ3v) is 6.92. The number of likely N-dealkylation sites (tertiary alicyclic amines) is 1. The standard InChI is InChI=1S/C20H25N3O3S2/c21-18(24)9-11-22-10-1-8-19(25)23-12-2-5-15(23)20(26,16-6-3-13-27-16)17-7-4-14-28-17/h3-4,6-7,9,11,13-15,22,26H,1-2,5,8,10,12H2,(H2,21,24)/b11-9-/t15-/m0/s1.